The molecule has 2 saturated heterocycles. The largest absolute Gasteiger partial charge is 0.305 e. The Hall–Kier alpha value is -0.160. The molecule has 1 atom stereocenters. The van der Waals surface area contributed by atoms with Crippen LogP contribution in [-0.4, -0.2) is 98.6 Å². The van der Waals surface area contributed by atoms with Crippen LogP contribution in [0.4, 0.5) is 0 Å². The molecule has 0 saturated carbocycles. The molecule has 4 nitrogen and oxygen atoms in total. The molecule has 1 unspecified atom stereocenters. The van der Waals surface area contributed by atoms with E-state index in [0.717, 1.165) is 6.04 Å². The molecule has 154 valence electrons. The lowest BCUT2D eigenvalue weighted by Crippen LogP contribution is -2.41. The van der Waals surface area contributed by atoms with Crippen LogP contribution >= 0.6 is 0 Å². The van der Waals surface area contributed by atoms with Gasteiger partial charge in [0.25, 0.3) is 0 Å². The number of likely N-dealkylation sites (tertiary alicyclic amines) is 1. The zero-order chi connectivity index (χ0) is 19.4. The average Bonchev–Trinajstić information content (AvgIpc) is 2.87. The highest BCUT2D eigenvalue weighted by molar-refractivity contribution is 4.85. The SMILES string of the molecule is CN1CCCN(CC(C)(C)CCN(C)C2CCN(CC(C)(C)C)C2)CC1. The first-order valence-electron chi connectivity index (χ1n) is 10.9. The van der Waals surface area contributed by atoms with Crippen LogP contribution in [0.1, 0.15) is 53.9 Å². The minimum atomic E-state index is 0.404. The lowest BCUT2D eigenvalue weighted by molar-refractivity contribution is 0.141. The molecular weight excluding hydrogens is 320 g/mol. The molecule has 0 amide bonds. The van der Waals surface area contributed by atoms with E-state index in [0.29, 0.717) is 10.8 Å². The summed E-state index contributed by atoms with van der Waals surface area (Å²) in [5, 5.41) is 0. The molecule has 0 aromatic carbocycles. The molecule has 4 heteroatoms. The highest BCUT2D eigenvalue weighted by Crippen LogP contribution is 2.25. The molecule has 0 bridgehead atoms. The monoisotopic (exact) mass is 366 g/mol. The van der Waals surface area contributed by atoms with Gasteiger partial charge in [0, 0.05) is 38.8 Å². The standard InChI is InChI=1S/C22H46N4/c1-21(2,3)18-26-13-9-20(17-26)24(7)14-10-22(4,5)19-25-12-8-11-23(6)15-16-25/h20H,8-19H2,1-7H3. The van der Waals surface area contributed by atoms with Crippen molar-refractivity contribution >= 4 is 0 Å². The van der Waals surface area contributed by atoms with Crippen LogP contribution in [0.15, 0.2) is 0 Å². The van der Waals surface area contributed by atoms with Crippen molar-refractivity contribution in [2.45, 2.75) is 59.9 Å². The maximum atomic E-state index is 2.70. The predicted molar refractivity (Wildman–Crippen MR) is 114 cm³/mol. The van der Waals surface area contributed by atoms with Crippen LogP contribution in [0.25, 0.3) is 0 Å². The van der Waals surface area contributed by atoms with Crippen molar-refractivity contribution in [1.29, 1.82) is 0 Å². The molecule has 0 spiro atoms. The van der Waals surface area contributed by atoms with Crippen molar-refractivity contribution < 1.29 is 0 Å². The minimum Gasteiger partial charge on any atom is -0.305 e. The normalized spacial score (nSPS) is 25.2. The van der Waals surface area contributed by atoms with E-state index in [1.165, 1.54) is 78.2 Å². The number of hydrogen-bond donors (Lipinski definition) is 0. The van der Waals surface area contributed by atoms with E-state index >= 15 is 0 Å². The molecule has 0 aromatic heterocycles. The fourth-order valence-electron chi connectivity index (χ4n) is 4.59. The van der Waals surface area contributed by atoms with Gasteiger partial charge in [-0.3, -0.25) is 0 Å². The summed E-state index contributed by atoms with van der Waals surface area (Å²) in [6.45, 7) is 23.2. The summed E-state index contributed by atoms with van der Waals surface area (Å²) in [6, 6.07) is 0.750. The summed E-state index contributed by atoms with van der Waals surface area (Å²) in [5.41, 5.74) is 0.817. The summed E-state index contributed by atoms with van der Waals surface area (Å²) in [7, 11) is 4.61. The van der Waals surface area contributed by atoms with Crippen LogP contribution in [0.5, 0.6) is 0 Å². The van der Waals surface area contributed by atoms with E-state index in [9.17, 15) is 0 Å². The lowest BCUT2D eigenvalue weighted by Gasteiger charge is -2.34. The molecule has 2 aliphatic rings. The van der Waals surface area contributed by atoms with Gasteiger partial charge in [-0.25, -0.2) is 0 Å². The van der Waals surface area contributed by atoms with E-state index in [1.54, 1.807) is 0 Å². The summed E-state index contributed by atoms with van der Waals surface area (Å²) in [6.07, 6.45) is 3.95. The predicted octanol–water partition coefficient (Wildman–Crippen LogP) is 3.09. The Kier molecular flexibility index (Phi) is 7.97. The van der Waals surface area contributed by atoms with E-state index < -0.39 is 0 Å². The number of nitrogens with zero attached hydrogens (tertiary/aromatic N) is 4. The Bertz CT molecular complexity index is 415. The highest BCUT2D eigenvalue weighted by atomic mass is 15.2. The summed E-state index contributed by atoms with van der Waals surface area (Å²) in [5.74, 6) is 0. The Labute approximate surface area is 163 Å². The average molecular weight is 367 g/mol. The fourth-order valence-corrected chi connectivity index (χ4v) is 4.59. The Morgan fingerprint density at radius 2 is 1.62 bits per heavy atom. The third kappa shape index (κ3) is 7.84. The van der Waals surface area contributed by atoms with Gasteiger partial charge in [-0.05, 0) is 70.4 Å². The van der Waals surface area contributed by atoms with Gasteiger partial charge in [-0.15, -0.1) is 0 Å². The van der Waals surface area contributed by atoms with Crippen LogP contribution in [-0.2, 0) is 0 Å². The zero-order valence-corrected chi connectivity index (χ0v) is 18.9. The van der Waals surface area contributed by atoms with Gasteiger partial charge >= 0.3 is 0 Å². The molecule has 2 heterocycles. The van der Waals surface area contributed by atoms with Crippen molar-refractivity contribution in [3.05, 3.63) is 0 Å². The Morgan fingerprint density at radius 3 is 2.31 bits per heavy atom. The maximum absolute atomic E-state index is 2.70. The van der Waals surface area contributed by atoms with Gasteiger partial charge in [-0.2, -0.15) is 0 Å². The van der Waals surface area contributed by atoms with Crippen molar-refractivity contribution in [3.63, 3.8) is 0 Å². The second-order valence-corrected chi connectivity index (χ2v) is 11.1. The Balaban J connectivity index is 1.72. The van der Waals surface area contributed by atoms with Crippen molar-refractivity contribution in [2.24, 2.45) is 10.8 Å². The minimum absolute atomic E-state index is 0.404. The number of rotatable bonds is 7. The molecule has 2 rings (SSSR count). The second kappa shape index (κ2) is 9.36. The summed E-state index contributed by atoms with van der Waals surface area (Å²) in [4.78, 5) is 10.5. The molecule has 26 heavy (non-hydrogen) atoms. The molecule has 2 fully saturated rings. The third-order valence-corrected chi connectivity index (χ3v) is 6.17. The quantitative estimate of drug-likeness (QED) is 0.686. The first-order valence-corrected chi connectivity index (χ1v) is 10.9. The lowest BCUT2D eigenvalue weighted by atomic mass is 9.88. The van der Waals surface area contributed by atoms with Crippen molar-refractivity contribution in [3.8, 4) is 0 Å². The van der Waals surface area contributed by atoms with E-state index in [1.807, 2.05) is 0 Å². The van der Waals surface area contributed by atoms with E-state index in [-0.39, 0.29) is 0 Å². The number of hydrogen-bond acceptors (Lipinski definition) is 4. The van der Waals surface area contributed by atoms with Gasteiger partial charge in [0.05, 0.1) is 0 Å². The topological polar surface area (TPSA) is 13.0 Å². The van der Waals surface area contributed by atoms with Crippen LogP contribution in [0, 0.1) is 10.8 Å². The second-order valence-electron chi connectivity index (χ2n) is 11.1. The Morgan fingerprint density at radius 1 is 0.885 bits per heavy atom. The first kappa shape index (κ1) is 22.1. The third-order valence-electron chi connectivity index (χ3n) is 6.17. The van der Waals surface area contributed by atoms with E-state index in [2.05, 4.69) is 68.3 Å². The fraction of sp³-hybridized carbons (Fsp3) is 1.00. The van der Waals surface area contributed by atoms with Crippen molar-refractivity contribution in [1.82, 2.24) is 19.6 Å². The number of likely N-dealkylation sites (N-methyl/N-ethyl adjacent to an activating group) is 2. The molecule has 0 N–H and O–H groups in total. The van der Waals surface area contributed by atoms with Gasteiger partial charge < -0.3 is 19.6 Å². The van der Waals surface area contributed by atoms with Gasteiger partial charge in [-0.1, -0.05) is 34.6 Å². The van der Waals surface area contributed by atoms with Gasteiger partial charge in [0.2, 0.25) is 0 Å². The van der Waals surface area contributed by atoms with Crippen molar-refractivity contribution in [2.75, 3.05) is 73.0 Å². The molecule has 2 aliphatic heterocycles. The summed E-state index contributed by atoms with van der Waals surface area (Å²) < 4.78 is 0. The summed E-state index contributed by atoms with van der Waals surface area (Å²) >= 11 is 0. The smallest absolute Gasteiger partial charge is 0.0232 e. The maximum Gasteiger partial charge on any atom is 0.0232 e. The molecule has 0 aromatic rings. The van der Waals surface area contributed by atoms with Crippen LogP contribution < -0.4 is 0 Å². The van der Waals surface area contributed by atoms with Crippen LogP contribution in [0.3, 0.4) is 0 Å². The van der Waals surface area contributed by atoms with Gasteiger partial charge in [0.1, 0.15) is 0 Å². The molecule has 0 aliphatic carbocycles. The molecular formula is C22H46N4. The highest BCUT2D eigenvalue weighted by Gasteiger charge is 2.29. The first-order chi connectivity index (χ1) is 12.0. The molecule has 0 radical (unpaired) electrons. The van der Waals surface area contributed by atoms with Gasteiger partial charge in [0.15, 0.2) is 0 Å². The zero-order valence-electron chi connectivity index (χ0n) is 18.9. The van der Waals surface area contributed by atoms with E-state index in [4.69, 9.17) is 0 Å². The van der Waals surface area contributed by atoms with Crippen LogP contribution in [0.2, 0.25) is 0 Å².